The van der Waals surface area contributed by atoms with Gasteiger partial charge < -0.3 is 14.6 Å². The molecule has 0 aromatic heterocycles. The fourth-order valence-corrected chi connectivity index (χ4v) is 3.89. The average molecular weight is 351 g/mol. The molecule has 1 aliphatic heterocycles. The Balaban J connectivity index is 1.62. The van der Waals surface area contributed by atoms with Crippen LogP contribution >= 0.6 is 0 Å². The zero-order chi connectivity index (χ0) is 17.7. The summed E-state index contributed by atoms with van der Waals surface area (Å²) in [5, 5.41) is 11.0. The first-order valence-corrected chi connectivity index (χ1v) is 9.49. The molecule has 1 aromatic carbocycles. The molecule has 2 aliphatic rings. The summed E-state index contributed by atoms with van der Waals surface area (Å²) < 4.78 is 24.8. The van der Waals surface area contributed by atoms with Crippen LogP contribution in [0.25, 0.3) is 0 Å². The van der Waals surface area contributed by atoms with Gasteiger partial charge in [-0.25, -0.2) is 4.39 Å². The van der Waals surface area contributed by atoms with Crippen LogP contribution in [-0.4, -0.2) is 54.6 Å². The maximum Gasteiger partial charge on any atom is 0.134 e. The summed E-state index contributed by atoms with van der Waals surface area (Å²) in [7, 11) is 0. The lowest BCUT2D eigenvalue weighted by molar-refractivity contribution is -0.0675. The van der Waals surface area contributed by atoms with Gasteiger partial charge in [-0.3, -0.25) is 4.90 Å². The first-order valence-electron chi connectivity index (χ1n) is 9.49. The van der Waals surface area contributed by atoms with Crippen molar-refractivity contribution in [3.05, 3.63) is 29.6 Å². The summed E-state index contributed by atoms with van der Waals surface area (Å²) in [6.45, 7) is 4.21. The van der Waals surface area contributed by atoms with E-state index >= 15 is 0 Å². The Labute approximate surface area is 149 Å². The molecule has 2 fully saturated rings. The number of ether oxygens (including phenoxy) is 2. The van der Waals surface area contributed by atoms with E-state index < -0.39 is 5.60 Å². The third kappa shape index (κ3) is 5.16. The summed E-state index contributed by atoms with van der Waals surface area (Å²) in [5.41, 5.74) is -0.493. The van der Waals surface area contributed by atoms with Gasteiger partial charge in [-0.1, -0.05) is 25.7 Å². The molecule has 1 atom stereocenters. The second-order valence-corrected chi connectivity index (χ2v) is 7.59. The van der Waals surface area contributed by atoms with Crippen LogP contribution in [0.4, 0.5) is 4.39 Å². The minimum atomic E-state index is -1.04. The topological polar surface area (TPSA) is 41.9 Å². The molecule has 1 heterocycles. The van der Waals surface area contributed by atoms with Gasteiger partial charge in [0, 0.05) is 19.1 Å². The summed E-state index contributed by atoms with van der Waals surface area (Å²) in [4.78, 5) is 2.39. The average Bonchev–Trinajstić information content (AvgIpc) is 2.97. The van der Waals surface area contributed by atoms with E-state index in [1.54, 1.807) is 19.1 Å². The van der Waals surface area contributed by atoms with Crippen molar-refractivity contribution in [2.24, 2.45) is 0 Å². The minimum absolute atomic E-state index is 0.154. The van der Waals surface area contributed by atoms with Crippen LogP contribution in [0.15, 0.2) is 18.2 Å². The van der Waals surface area contributed by atoms with E-state index in [1.165, 1.54) is 44.6 Å². The molecule has 1 saturated heterocycles. The predicted molar refractivity (Wildman–Crippen MR) is 95.5 cm³/mol. The molecule has 0 unspecified atom stereocenters. The van der Waals surface area contributed by atoms with Crippen molar-refractivity contribution in [2.45, 2.75) is 57.1 Å². The van der Waals surface area contributed by atoms with Crippen molar-refractivity contribution < 1.29 is 19.0 Å². The second kappa shape index (κ2) is 8.47. The Kier molecular flexibility index (Phi) is 6.31. The van der Waals surface area contributed by atoms with Crippen LogP contribution in [0.1, 0.15) is 44.1 Å². The number of hydrogen-bond donors (Lipinski definition) is 1. The van der Waals surface area contributed by atoms with E-state index in [2.05, 4.69) is 4.90 Å². The zero-order valence-electron chi connectivity index (χ0n) is 15.2. The predicted octanol–water partition coefficient (Wildman–Crippen LogP) is 3.30. The molecule has 1 aliphatic carbocycles. The maximum atomic E-state index is 13.4. The number of aliphatic hydroxyl groups is 1. The quantitative estimate of drug-likeness (QED) is 0.845. The van der Waals surface area contributed by atoms with Gasteiger partial charge in [0.05, 0.1) is 13.2 Å². The summed E-state index contributed by atoms with van der Waals surface area (Å²) in [6, 6.07) is 5.20. The third-order valence-corrected chi connectivity index (χ3v) is 5.37. The molecule has 1 N–H and O–H groups in total. The van der Waals surface area contributed by atoms with E-state index in [0.29, 0.717) is 30.5 Å². The summed E-state index contributed by atoms with van der Waals surface area (Å²) >= 11 is 0. The van der Waals surface area contributed by atoms with Crippen LogP contribution in [0.3, 0.4) is 0 Å². The van der Waals surface area contributed by atoms with E-state index in [9.17, 15) is 9.50 Å². The van der Waals surface area contributed by atoms with Crippen LogP contribution in [-0.2, 0) is 4.74 Å². The van der Waals surface area contributed by atoms with E-state index in [0.717, 1.165) is 6.54 Å². The highest BCUT2D eigenvalue weighted by Crippen LogP contribution is 2.25. The highest BCUT2D eigenvalue weighted by Gasteiger charge is 2.36. The molecule has 0 bridgehead atoms. The van der Waals surface area contributed by atoms with Crippen LogP contribution in [0, 0.1) is 12.7 Å². The van der Waals surface area contributed by atoms with Gasteiger partial charge in [0.1, 0.15) is 23.8 Å². The highest BCUT2D eigenvalue weighted by atomic mass is 19.1. The van der Waals surface area contributed by atoms with Gasteiger partial charge in [0.15, 0.2) is 0 Å². The number of rotatable bonds is 4. The molecule has 5 heteroatoms. The molecule has 4 nitrogen and oxygen atoms in total. The first kappa shape index (κ1) is 18.6. The van der Waals surface area contributed by atoms with E-state index in [1.807, 2.05) is 0 Å². The summed E-state index contributed by atoms with van der Waals surface area (Å²) in [6.07, 6.45) is 7.58. The molecule has 1 aromatic rings. The fourth-order valence-electron chi connectivity index (χ4n) is 3.89. The van der Waals surface area contributed by atoms with Crippen LogP contribution < -0.4 is 4.74 Å². The van der Waals surface area contributed by atoms with E-state index in [-0.39, 0.29) is 19.0 Å². The van der Waals surface area contributed by atoms with Gasteiger partial charge in [0.2, 0.25) is 0 Å². The standard InChI is InChI=1S/C20H30FNO3/c1-16-12-18(8-9-19(16)21)25-15-20(23)13-22(10-11-24-14-20)17-6-4-2-3-5-7-17/h8-9,12,17,23H,2-7,10-11,13-15H2,1H3/t20-/m1/s1. The lowest BCUT2D eigenvalue weighted by atomic mass is 10.0. The van der Waals surface area contributed by atoms with Crippen molar-refractivity contribution in [1.82, 2.24) is 4.90 Å². The Morgan fingerprint density at radius 2 is 2.04 bits per heavy atom. The fraction of sp³-hybridized carbons (Fsp3) is 0.700. The number of nitrogens with zero attached hydrogens (tertiary/aromatic N) is 1. The van der Waals surface area contributed by atoms with Gasteiger partial charge in [-0.15, -0.1) is 0 Å². The van der Waals surface area contributed by atoms with Gasteiger partial charge >= 0.3 is 0 Å². The molecule has 140 valence electrons. The van der Waals surface area contributed by atoms with E-state index in [4.69, 9.17) is 9.47 Å². The molecule has 3 rings (SSSR count). The van der Waals surface area contributed by atoms with Crippen molar-refractivity contribution in [2.75, 3.05) is 32.9 Å². The maximum absolute atomic E-state index is 13.4. The molecular formula is C20H30FNO3. The smallest absolute Gasteiger partial charge is 0.134 e. The minimum Gasteiger partial charge on any atom is -0.490 e. The molecule has 0 amide bonds. The number of aryl methyl sites for hydroxylation is 1. The van der Waals surface area contributed by atoms with Gasteiger partial charge in [-0.05, 0) is 43.5 Å². The Bertz CT molecular complexity index is 560. The number of benzene rings is 1. The van der Waals surface area contributed by atoms with Crippen LogP contribution in [0.5, 0.6) is 5.75 Å². The molecule has 0 radical (unpaired) electrons. The van der Waals surface area contributed by atoms with Crippen molar-refractivity contribution in [3.8, 4) is 5.75 Å². The second-order valence-electron chi connectivity index (χ2n) is 7.59. The monoisotopic (exact) mass is 351 g/mol. The zero-order valence-corrected chi connectivity index (χ0v) is 15.2. The Hall–Kier alpha value is -1.17. The highest BCUT2D eigenvalue weighted by molar-refractivity contribution is 5.28. The van der Waals surface area contributed by atoms with Crippen molar-refractivity contribution >= 4 is 0 Å². The number of β-amino-alcohol motifs (C(OH)–C–C–N with tert-alkyl or cyclic N) is 1. The lowest BCUT2D eigenvalue weighted by Gasteiger charge is -2.35. The molecule has 0 spiro atoms. The third-order valence-electron chi connectivity index (χ3n) is 5.37. The van der Waals surface area contributed by atoms with Gasteiger partial charge in [-0.2, -0.15) is 0 Å². The largest absolute Gasteiger partial charge is 0.490 e. The molecule has 1 saturated carbocycles. The Morgan fingerprint density at radius 1 is 1.28 bits per heavy atom. The van der Waals surface area contributed by atoms with Gasteiger partial charge in [0.25, 0.3) is 0 Å². The SMILES string of the molecule is Cc1cc(OC[C@]2(O)COCCN(C3CCCCCC3)C2)ccc1F. The van der Waals surface area contributed by atoms with Crippen molar-refractivity contribution in [3.63, 3.8) is 0 Å². The van der Waals surface area contributed by atoms with Crippen LogP contribution in [0.2, 0.25) is 0 Å². The number of hydrogen-bond acceptors (Lipinski definition) is 4. The number of halogens is 1. The normalized spacial score (nSPS) is 26.8. The summed E-state index contributed by atoms with van der Waals surface area (Å²) in [5.74, 6) is 0.334. The Morgan fingerprint density at radius 3 is 2.76 bits per heavy atom. The molecule has 25 heavy (non-hydrogen) atoms. The first-order chi connectivity index (χ1) is 12.1. The molecular weight excluding hydrogens is 321 g/mol. The lowest BCUT2D eigenvalue weighted by Crippen LogP contribution is -2.51. The van der Waals surface area contributed by atoms with Crippen molar-refractivity contribution in [1.29, 1.82) is 0 Å².